The highest BCUT2D eigenvalue weighted by atomic mass is 15.3. The van der Waals surface area contributed by atoms with Crippen molar-refractivity contribution in [3.63, 3.8) is 0 Å². The van der Waals surface area contributed by atoms with Crippen molar-refractivity contribution in [3.8, 4) is 0 Å². The van der Waals surface area contributed by atoms with E-state index in [1.807, 2.05) is 6.92 Å². The summed E-state index contributed by atoms with van der Waals surface area (Å²) >= 11 is 0. The topological polar surface area (TPSA) is 56.4 Å². The molecule has 1 heterocycles. The normalized spacial score (nSPS) is 25.6. The molecule has 0 radical (unpaired) electrons. The molecule has 1 saturated carbocycles. The van der Waals surface area contributed by atoms with Crippen LogP contribution in [0.25, 0.3) is 0 Å². The van der Waals surface area contributed by atoms with Crippen LogP contribution in [-0.4, -0.2) is 54.9 Å². The van der Waals surface area contributed by atoms with Crippen molar-refractivity contribution in [3.05, 3.63) is 0 Å². The summed E-state index contributed by atoms with van der Waals surface area (Å²) in [7, 11) is 0. The molecule has 0 spiro atoms. The molecule has 92 valence electrons. The van der Waals surface area contributed by atoms with E-state index in [-0.39, 0.29) is 5.92 Å². The van der Waals surface area contributed by atoms with Crippen LogP contribution >= 0.6 is 0 Å². The van der Waals surface area contributed by atoms with Gasteiger partial charge in [-0.3, -0.25) is 5.41 Å². The molecule has 2 rings (SSSR count). The number of nitrogens with zero attached hydrogens (tertiary/aromatic N) is 2. The molecule has 2 fully saturated rings. The van der Waals surface area contributed by atoms with Gasteiger partial charge in [0.2, 0.25) is 0 Å². The second-order valence-electron chi connectivity index (χ2n) is 5.40. The number of hydrogen-bond acceptors (Lipinski definition) is 3. The first-order valence-electron chi connectivity index (χ1n) is 6.44. The predicted molar refractivity (Wildman–Crippen MR) is 66.7 cm³/mol. The Hall–Kier alpha value is -0.610. The Morgan fingerprint density at radius 1 is 1.25 bits per heavy atom. The highest BCUT2D eigenvalue weighted by Crippen LogP contribution is 2.29. The van der Waals surface area contributed by atoms with Crippen LogP contribution in [0.2, 0.25) is 0 Å². The zero-order chi connectivity index (χ0) is 11.5. The van der Waals surface area contributed by atoms with Gasteiger partial charge < -0.3 is 15.5 Å². The SMILES string of the molecule is CC(CN1CCN(CC2CC2)CC1)C(=N)N. The highest BCUT2D eigenvalue weighted by molar-refractivity contribution is 5.79. The Kier molecular flexibility index (Phi) is 3.82. The minimum Gasteiger partial charge on any atom is -0.387 e. The number of rotatable bonds is 5. The third-order valence-corrected chi connectivity index (χ3v) is 3.74. The molecule has 1 saturated heterocycles. The first kappa shape index (κ1) is 11.9. The molecule has 0 aromatic heterocycles. The molecular weight excluding hydrogens is 200 g/mol. The van der Waals surface area contributed by atoms with Crippen molar-refractivity contribution in [2.75, 3.05) is 39.3 Å². The maximum absolute atomic E-state index is 7.40. The molecule has 1 atom stereocenters. The van der Waals surface area contributed by atoms with Crippen LogP contribution in [0.15, 0.2) is 0 Å². The van der Waals surface area contributed by atoms with Crippen molar-refractivity contribution in [2.24, 2.45) is 17.6 Å². The maximum Gasteiger partial charge on any atom is 0.0947 e. The first-order chi connectivity index (χ1) is 7.65. The number of nitrogens with two attached hydrogens (primary N) is 1. The Labute approximate surface area is 98.3 Å². The van der Waals surface area contributed by atoms with Gasteiger partial charge in [-0.05, 0) is 18.8 Å². The summed E-state index contributed by atoms with van der Waals surface area (Å²) in [5.74, 6) is 1.53. The molecule has 0 bridgehead atoms. The smallest absolute Gasteiger partial charge is 0.0947 e. The van der Waals surface area contributed by atoms with Gasteiger partial charge >= 0.3 is 0 Å². The molecule has 2 aliphatic rings. The van der Waals surface area contributed by atoms with E-state index in [9.17, 15) is 0 Å². The van der Waals surface area contributed by atoms with Crippen molar-refractivity contribution < 1.29 is 0 Å². The standard InChI is InChI=1S/C12H24N4/c1-10(12(13)14)8-15-4-6-16(7-5-15)9-11-2-3-11/h10-11H,2-9H2,1H3,(H3,13,14). The van der Waals surface area contributed by atoms with Gasteiger partial charge in [0, 0.05) is 45.2 Å². The van der Waals surface area contributed by atoms with Crippen LogP contribution in [0.5, 0.6) is 0 Å². The Balaban J connectivity index is 1.65. The van der Waals surface area contributed by atoms with Gasteiger partial charge in [-0.15, -0.1) is 0 Å². The molecule has 0 amide bonds. The molecule has 4 nitrogen and oxygen atoms in total. The lowest BCUT2D eigenvalue weighted by Crippen LogP contribution is -2.49. The van der Waals surface area contributed by atoms with Gasteiger partial charge in [-0.25, -0.2) is 0 Å². The average Bonchev–Trinajstić information content (AvgIpc) is 3.04. The molecular formula is C12H24N4. The fourth-order valence-corrected chi connectivity index (χ4v) is 2.31. The zero-order valence-electron chi connectivity index (χ0n) is 10.3. The van der Waals surface area contributed by atoms with Crippen LogP contribution in [0.4, 0.5) is 0 Å². The van der Waals surface area contributed by atoms with Crippen molar-refractivity contribution in [1.29, 1.82) is 5.41 Å². The van der Waals surface area contributed by atoms with Gasteiger partial charge in [-0.1, -0.05) is 6.92 Å². The van der Waals surface area contributed by atoms with E-state index in [0.717, 1.165) is 25.6 Å². The summed E-state index contributed by atoms with van der Waals surface area (Å²) in [5.41, 5.74) is 5.50. The fourth-order valence-electron chi connectivity index (χ4n) is 2.31. The monoisotopic (exact) mass is 224 g/mol. The van der Waals surface area contributed by atoms with E-state index in [2.05, 4.69) is 9.80 Å². The third-order valence-electron chi connectivity index (χ3n) is 3.74. The number of nitrogens with one attached hydrogen (secondary N) is 1. The summed E-state index contributed by atoms with van der Waals surface area (Å²) in [6.45, 7) is 8.98. The van der Waals surface area contributed by atoms with Gasteiger partial charge in [0.25, 0.3) is 0 Å². The van der Waals surface area contributed by atoms with Gasteiger partial charge in [0.05, 0.1) is 5.84 Å². The summed E-state index contributed by atoms with van der Waals surface area (Å²) in [4.78, 5) is 5.03. The molecule has 4 heteroatoms. The summed E-state index contributed by atoms with van der Waals surface area (Å²) < 4.78 is 0. The lowest BCUT2D eigenvalue weighted by Gasteiger charge is -2.35. The van der Waals surface area contributed by atoms with E-state index in [4.69, 9.17) is 11.1 Å². The third kappa shape index (κ3) is 3.46. The Bertz CT molecular complexity index is 241. The molecule has 1 aliphatic heterocycles. The van der Waals surface area contributed by atoms with E-state index < -0.39 is 0 Å². The van der Waals surface area contributed by atoms with Crippen LogP contribution in [0, 0.1) is 17.2 Å². The Morgan fingerprint density at radius 3 is 2.31 bits per heavy atom. The lowest BCUT2D eigenvalue weighted by atomic mass is 10.1. The van der Waals surface area contributed by atoms with Crippen molar-refractivity contribution in [2.45, 2.75) is 19.8 Å². The van der Waals surface area contributed by atoms with E-state index in [1.54, 1.807) is 0 Å². The molecule has 1 aliphatic carbocycles. The molecule has 0 aromatic rings. The van der Waals surface area contributed by atoms with Crippen LogP contribution in [0.3, 0.4) is 0 Å². The van der Waals surface area contributed by atoms with Crippen molar-refractivity contribution in [1.82, 2.24) is 9.80 Å². The number of piperazine rings is 1. The summed E-state index contributed by atoms with van der Waals surface area (Å²) in [6, 6.07) is 0. The molecule has 3 N–H and O–H groups in total. The second kappa shape index (κ2) is 5.15. The quantitative estimate of drug-likeness (QED) is 0.531. The largest absolute Gasteiger partial charge is 0.387 e. The zero-order valence-corrected chi connectivity index (χ0v) is 10.3. The number of amidine groups is 1. The molecule has 16 heavy (non-hydrogen) atoms. The molecule has 0 aromatic carbocycles. The average molecular weight is 224 g/mol. The maximum atomic E-state index is 7.40. The van der Waals surface area contributed by atoms with Gasteiger partial charge in [0.1, 0.15) is 0 Å². The van der Waals surface area contributed by atoms with E-state index in [1.165, 1.54) is 32.5 Å². The fraction of sp³-hybridized carbons (Fsp3) is 0.917. The molecule has 1 unspecified atom stereocenters. The lowest BCUT2D eigenvalue weighted by molar-refractivity contribution is 0.123. The minimum absolute atomic E-state index is 0.204. The second-order valence-corrected chi connectivity index (χ2v) is 5.40. The minimum atomic E-state index is 0.204. The van der Waals surface area contributed by atoms with Crippen LogP contribution in [-0.2, 0) is 0 Å². The van der Waals surface area contributed by atoms with E-state index >= 15 is 0 Å². The summed E-state index contributed by atoms with van der Waals surface area (Å²) in [6.07, 6.45) is 2.89. The first-order valence-corrected chi connectivity index (χ1v) is 6.44. The predicted octanol–water partition coefficient (Wildman–Crippen LogP) is 0.586. The van der Waals surface area contributed by atoms with E-state index in [0.29, 0.717) is 5.84 Å². The summed E-state index contributed by atoms with van der Waals surface area (Å²) in [5, 5.41) is 7.40. The number of hydrogen-bond donors (Lipinski definition) is 2. The van der Waals surface area contributed by atoms with Gasteiger partial charge in [0.15, 0.2) is 0 Å². The van der Waals surface area contributed by atoms with Crippen molar-refractivity contribution >= 4 is 5.84 Å². The van der Waals surface area contributed by atoms with Crippen LogP contribution in [0.1, 0.15) is 19.8 Å². The van der Waals surface area contributed by atoms with Crippen LogP contribution < -0.4 is 5.73 Å². The van der Waals surface area contributed by atoms with Gasteiger partial charge in [-0.2, -0.15) is 0 Å². The Morgan fingerprint density at radius 2 is 1.81 bits per heavy atom. The highest BCUT2D eigenvalue weighted by Gasteiger charge is 2.26.